The molecular weight excluding hydrogens is 302 g/mol. The molecule has 0 aliphatic carbocycles. The Kier molecular flexibility index (Phi) is 4.38. The van der Waals surface area contributed by atoms with Crippen molar-refractivity contribution in [3.05, 3.63) is 64.1 Å². The second-order valence-electron chi connectivity index (χ2n) is 4.47. The van der Waals surface area contributed by atoms with E-state index in [1.807, 2.05) is 37.3 Å². The van der Waals surface area contributed by atoms with Crippen molar-refractivity contribution in [3.8, 4) is 0 Å². The lowest BCUT2D eigenvalue weighted by Gasteiger charge is -2.14. The molecule has 2 aromatic rings. The fraction of sp³-hybridized carbons (Fsp3) is 0.188. The Labute approximate surface area is 121 Å². The first kappa shape index (κ1) is 13.8. The van der Waals surface area contributed by atoms with Crippen molar-refractivity contribution in [2.75, 3.05) is 5.73 Å². The van der Waals surface area contributed by atoms with Crippen LogP contribution >= 0.6 is 15.9 Å². The maximum absolute atomic E-state index is 12.6. The molecule has 2 N–H and O–H groups in total. The van der Waals surface area contributed by atoms with Gasteiger partial charge in [0, 0.05) is 21.6 Å². The Bertz CT molecular complexity index is 581. The molecular formula is C16H16BrNO. The predicted molar refractivity (Wildman–Crippen MR) is 82.4 cm³/mol. The smallest absolute Gasteiger partial charge is 0.170 e. The summed E-state index contributed by atoms with van der Waals surface area (Å²) in [6.45, 7) is 2.03. The number of hydrogen-bond donors (Lipinski definition) is 1. The number of nitrogen functional groups attached to an aromatic ring is 1. The van der Waals surface area contributed by atoms with Gasteiger partial charge in [0.05, 0.1) is 0 Å². The number of rotatable bonds is 4. The molecule has 2 rings (SSSR count). The van der Waals surface area contributed by atoms with E-state index >= 15 is 0 Å². The zero-order chi connectivity index (χ0) is 13.8. The summed E-state index contributed by atoms with van der Waals surface area (Å²) in [7, 11) is 0. The van der Waals surface area contributed by atoms with Crippen LogP contribution in [0.1, 0.15) is 35.2 Å². The minimum absolute atomic E-state index is 0.100. The fourth-order valence-electron chi connectivity index (χ4n) is 2.14. The van der Waals surface area contributed by atoms with Gasteiger partial charge in [0.15, 0.2) is 5.78 Å². The highest BCUT2D eigenvalue weighted by atomic mass is 79.9. The summed E-state index contributed by atoms with van der Waals surface area (Å²) in [5, 5.41) is 0. The van der Waals surface area contributed by atoms with Crippen molar-refractivity contribution in [1.82, 2.24) is 0 Å². The second kappa shape index (κ2) is 6.02. The third kappa shape index (κ3) is 3.04. The normalized spacial score (nSPS) is 12.1. The van der Waals surface area contributed by atoms with E-state index in [-0.39, 0.29) is 11.7 Å². The van der Waals surface area contributed by atoms with Crippen molar-refractivity contribution < 1.29 is 4.79 Å². The molecule has 0 aliphatic heterocycles. The molecule has 19 heavy (non-hydrogen) atoms. The zero-order valence-corrected chi connectivity index (χ0v) is 12.4. The van der Waals surface area contributed by atoms with Crippen molar-refractivity contribution in [2.45, 2.75) is 19.3 Å². The van der Waals surface area contributed by atoms with Crippen molar-refractivity contribution in [1.29, 1.82) is 0 Å². The number of ketones is 1. The Morgan fingerprint density at radius 3 is 2.47 bits per heavy atom. The summed E-state index contributed by atoms with van der Waals surface area (Å²) in [6, 6.07) is 15.2. The summed E-state index contributed by atoms with van der Waals surface area (Å²) in [6.07, 6.45) is 0.783. The Morgan fingerprint density at radius 1 is 1.21 bits per heavy atom. The van der Waals surface area contributed by atoms with Crippen LogP contribution in [-0.2, 0) is 0 Å². The lowest BCUT2D eigenvalue weighted by molar-refractivity contribution is 0.0957. The number of hydrogen-bond acceptors (Lipinski definition) is 2. The molecule has 2 aromatic carbocycles. The maximum atomic E-state index is 12.6. The van der Waals surface area contributed by atoms with Gasteiger partial charge in [-0.05, 0) is 46.1 Å². The summed E-state index contributed by atoms with van der Waals surface area (Å²) in [5.74, 6) is 0.0334. The van der Waals surface area contributed by atoms with E-state index in [4.69, 9.17) is 5.73 Å². The molecule has 0 heterocycles. The molecule has 0 saturated heterocycles. The van der Waals surface area contributed by atoms with E-state index < -0.39 is 0 Å². The monoisotopic (exact) mass is 317 g/mol. The molecule has 0 bridgehead atoms. The van der Waals surface area contributed by atoms with Gasteiger partial charge in [0.25, 0.3) is 0 Å². The fourth-order valence-corrected chi connectivity index (χ4v) is 2.52. The quantitative estimate of drug-likeness (QED) is 0.670. The summed E-state index contributed by atoms with van der Waals surface area (Å²) in [5.41, 5.74) is 8.14. The van der Waals surface area contributed by atoms with Gasteiger partial charge in [0.1, 0.15) is 0 Å². The molecule has 0 fully saturated rings. The first-order chi connectivity index (χ1) is 9.13. The predicted octanol–water partition coefficient (Wildman–Crippen LogP) is 4.41. The van der Waals surface area contributed by atoms with Crippen molar-refractivity contribution >= 4 is 27.4 Å². The van der Waals surface area contributed by atoms with E-state index in [0.717, 1.165) is 16.5 Å². The van der Waals surface area contributed by atoms with Gasteiger partial charge in [-0.15, -0.1) is 0 Å². The van der Waals surface area contributed by atoms with Gasteiger partial charge in [-0.1, -0.05) is 37.3 Å². The third-order valence-corrected chi connectivity index (χ3v) is 3.90. The average molecular weight is 318 g/mol. The number of benzene rings is 2. The van der Waals surface area contributed by atoms with Crippen LogP contribution in [0.4, 0.5) is 5.69 Å². The molecule has 0 saturated carbocycles. The maximum Gasteiger partial charge on any atom is 0.170 e. The minimum atomic E-state index is -0.100. The molecule has 0 aromatic heterocycles. The van der Waals surface area contributed by atoms with Gasteiger partial charge in [0.2, 0.25) is 0 Å². The number of anilines is 1. The van der Waals surface area contributed by atoms with Crippen LogP contribution in [0, 0.1) is 0 Å². The van der Waals surface area contributed by atoms with Gasteiger partial charge in [-0.25, -0.2) is 0 Å². The molecule has 0 radical (unpaired) electrons. The van der Waals surface area contributed by atoms with E-state index in [9.17, 15) is 4.79 Å². The Morgan fingerprint density at radius 2 is 1.89 bits per heavy atom. The van der Waals surface area contributed by atoms with E-state index in [1.165, 1.54) is 0 Å². The zero-order valence-electron chi connectivity index (χ0n) is 10.8. The number of carbonyl (C=O) groups is 1. The van der Waals surface area contributed by atoms with E-state index in [2.05, 4.69) is 15.9 Å². The van der Waals surface area contributed by atoms with E-state index in [0.29, 0.717) is 11.3 Å². The second-order valence-corrected chi connectivity index (χ2v) is 5.33. The minimum Gasteiger partial charge on any atom is -0.398 e. The molecule has 0 spiro atoms. The number of nitrogens with two attached hydrogens (primary N) is 1. The van der Waals surface area contributed by atoms with Gasteiger partial charge in [-0.2, -0.15) is 0 Å². The third-order valence-electron chi connectivity index (χ3n) is 3.21. The first-order valence-electron chi connectivity index (χ1n) is 6.27. The molecule has 2 nitrogen and oxygen atoms in total. The number of halogens is 1. The van der Waals surface area contributed by atoms with Crippen LogP contribution in [0.2, 0.25) is 0 Å². The molecule has 1 unspecified atom stereocenters. The van der Waals surface area contributed by atoms with Crippen LogP contribution in [-0.4, -0.2) is 5.78 Å². The Hall–Kier alpha value is -1.61. The Balaban J connectivity index is 2.33. The van der Waals surface area contributed by atoms with Crippen LogP contribution in [0.3, 0.4) is 0 Å². The number of Topliss-reactive ketones (excluding diaryl/α,β-unsaturated/α-hetero) is 1. The lowest BCUT2D eigenvalue weighted by Crippen LogP contribution is -2.12. The van der Waals surface area contributed by atoms with Crippen LogP contribution in [0.15, 0.2) is 53.0 Å². The molecule has 0 aliphatic rings. The van der Waals surface area contributed by atoms with Crippen molar-refractivity contribution in [3.63, 3.8) is 0 Å². The highest BCUT2D eigenvalue weighted by Gasteiger charge is 2.20. The van der Waals surface area contributed by atoms with E-state index in [1.54, 1.807) is 18.2 Å². The molecule has 1 atom stereocenters. The SMILES string of the molecule is CCC(C(=O)c1ccc(N)c(Br)c1)c1ccccc1. The first-order valence-corrected chi connectivity index (χ1v) is 7.07. The van der Waals surface area contributed by atoms with Gasteiger partial charge in [-0.3, -0.25) is 4.79 Å². The average Bonchev–Trinajstić information content (AvgIpc) is 2.44. The summed E-state index contributed by atoms with van der Waals surface area (Å²) in [4.78, 5) is 12.6. The standard InChI is InChI=1S/C16H16BrNO/c1-2-13(11-6-4-3-5-7-11)16(19)12-8-9-15(18)14(17)10-12/h3-10,13H,2,18H2,1H3. The molecule has 0 amide bonds. The highest BCUT2D eigenvalue weighted by Crippen LogP contribution is 2.27. The van der Waals surface area contributed by atoms with Crippen molar-refractivity contribution in [2.24, 2.45) is 0 Å². The largest absolute Gasteiger partial charge is 0.398 e. The highest BCUT2D eigenvalue weighted by molar-refractivity contribution is 9.10. The van der Waals surface area contributed by atoms with Gasteiger partial charge < -0.3 is 5.73 Å². The van der Waals surface area contributed by atoms with Crippen LogP contribution in [0.5, 0.6) is 0 Å². The van der Waals surface area contributed by atoms with Crippen LogP contribution in [0.25, 0.3) is 0 Å². The molecule has 3 heteroatoms. The van der Waals surface area contributed by atoms with Gasteiger partial charge >= 0.3 is 0 Å². The number of carbonyl (C=O) groups excluding carboxylic acids is 1. The topological polar surface area (TPSA) is 43.1 Å². The lowest BCUT2D eigenvalue weighted by atomic mass is 9.88. The summed E-state index contributed by atoms with van der Waals surface area (Å²) < 4.78 is 0.765. The molecule has 98 valence electrons. The van der Waals surface area contributed by atoms with Crippen LogP contribution < -0.4 is 5.73 Å². The summed E-state index contributed by atoms with van der Waals surface area (Å²) >= 11 is 3.36.